The second kappa shape index (κ2) is 7.44. The van der Waals surface area contributed by atoms with Crippen LogP contribution < -0.4 is 5.43 Å². The monoisotopic (exact) mass is 252 g/mol. The molecule has 90 valence electrons. The molecule has 0 aliphatic rings. The maximum Gasteiger partial charge on any atom is 0.316 e. The molecule has 0 heterocycles. The van der Waals surface area contributed by atoms with E-state index < -0.39 is 5.97 Å². The van der Waals surface area contributed by atoms with Crippen LogP contribution in [-0.4, -0.2) is 39.4 Å². The van der Waals surface area contributed by atoms with Crippen molar-refractivity contribution in [2.75, 3.05) is 7.05 Å². The molecule has 0 spiro atoms. The van der Waals surface area contributed by atoms with Crippen LogP contribution in [0.3, 0.4) is 0 Å². The number of carbonyl (C=O) groups is 1. The Kier molecular flexibility index (Phi) is 7.53. The quantitative estimate of drug-likeness (QED) is 0.532. The number of carboxylic acids is 1. The van der Waals surface area contributed by atoms with Crippen LogP contribution in [0, 0.1) is 0 Å². The third-order valence-corrected chi connectivity index (χ3v) is 3.66. The molecule has 4 unspecified atom stereocenters. The predicted molar refractivity (Wildman–Crippen MR) is 68.8 cm³/mol. The molecule has 0 aromatic carbocycles. The van der Waals surface area contributed by atoms with E-state index in [-0.39, 0.29) is 10.5 Å². The second-order valence-corrected chi connectivity index (χ2v) is 6.07. The SMILES string of the molecule is CCC(NN(C)P)C(C)SC(C)C(=O)O. The molecule has 0 fully saturated rings. The van der Waals surface area contributed by atoms with Gasteiger partial charge in [-0.3, -0.25) is 4.79 Å². The van der Waals surface area contributed by atoms with Crippen molar-refractivity contribution >= 4 is 27.1 Å². The first-order chi connectivity index (χ1) is 6.88. The van der Waals surface area contributed by atoms with E-state index in [1.165, 1.54) is 11.8 Å². The van der Waals surface area contributed by atoms with Crippen LogP contribution in [0.1, 0.15) is 27.2 Å². The maximum absolute atomic E-state index is 10.7. The smallest absolute Gasteiger partial charge is 0.316 e. The molecule has 0 aliphatic heterocycles. The summed E-state index contributed by atoms with van der Waals surface area (Å²) in [4.78, 5) is 10.7. The van der Waals surface area contributed by atoms with E-state index in [4.69, 9.17) is 5.11 Å². The normalized spacial score (nSPS) is 17.5. The molecule has 0 saturated carbocycles. The Morgan fingerprint density at radius 3 is 2.47 bits per heavy atom. The highest BCUT2D eigenvalue weighted by molar-refractivity contribution is 8.01. The molecule has 2 N–H and O–H groups in total. The molecule has 0 aliphatic carbocycles. The largest absolute Gasteiger partial charge is 0.480 e. The molecule has 15 heavy (non-hydrogen) atoms. The van der Waals surface area contributed by atoms with E-state index >= 15 is 0 Å². The first kappa shape index (κ1) is 15.2. The Morgan fingerprint density at radius 2 is 2.13 bits per heavy atom. The average Bonchev–Trinajstić information content (AvgIpc) is 2.13. The number of aliphatic carboxylic acids is 1. The molecule has 0 aromatic rings. The molecule has 0 radical (unpaired) electrons. The summed E-state index contributed by atoms with van der Waals surface area (Å²) in [6.07, 6.45) is 0.971. The Labute approximate surface area is 98.4 Å². The fourth-order valence-corrected chi connectivity index (χ4v) is 2.66. The van der Waals surface area contributed by atoms with Crippen LogP contribution >= 0.6 is 21.2 Å². The van der Waals surface area contributed by atoms with Gasteiger partial charge in [-0.25, -0.2) is 10.2 Å². The highest BCUT2D eigenvalue weighted by Gasteiger charge is 2.21. The maximum atomic E-state index is 10.7. The van der Waals surface area contributed by atoms with Gasteiger partial charge in [-0.15, -0.1) is 11.8 Å². The van der Waals surface area contributed by atoms with Gasteiger partial charge in [0.15, 0.2) is 0 Å². The molecule has 0 saturated heterocycles. The standard InChI is InChI=1S/C9H21N2O2PS/c1-5-8(10-11(4)14)6(2)15-7(3)9(12)13/h6-8,10H,5,14H2,1-4H3,(H,12,13). The number of hydrogen-bond donors (Lipinski definition) is 2. The molecule has 4 atom stereocenters. The van der Waals surface area contributed by atoms with Gasteiger partial charge >= 0.3 is 5.97 Å². The predicted octanol–water partition coefficient (Wildman–Crippen LogP) is 1.59. The highest BCUT2D eigenvalue weighted by Crippen LogP contribution is 2.22. The lowest BCUT2D eigenvalue weighted by Gasteiger charge is -2.27. The summed E-state index contributed by atoms with van der Waals surface area (Å²) < 4.78 is 1.83. The summed E-state index contributed by atoms with van der Waals surface area (Å²) in [5, 5.41) is 8.72. The lowest BCUT2D eigenvalue weighted by Crippen LogP contribution is -2.42. The fraction of sp³-hybridized carbons (Fsp3) is 0.889. The van der Waals surface area contributed by atoms with E-state index in [2.05, 4.69) is 28.7 Å². The van der Waals surface area contributed by atoms with Gasteiger partial charge in [-0.2, -0.15) is 0 Å². The first-order valence-electron chi connectivity index (χ1n) is 5.01. The number of rotatable bonds is 7. The Morgan fingerprint density at radius 1 is 1.60 bits per heavy atom. The summed E-state index contributed by atoms with van der Waals surface area (Å²) in [5.41, 5.74) is 3.26. The molecule has 0 rings (SSSR count). The molecule has 0 aromatic heterocycles. The van der Waals surface area contributed by atoms with Crippen molar-refractivity contribution in [3.05, 3.63) is 0 Å². The van der Waals surface area contributed by atoms with Crippen molar-refractivity contribution in [3.8, 4) is 0 Å². The summed E-state index contributed by atoms with van der Waals surface area (Å²) >= 11 is 1.48. The molecule has 4 nitrogen and oxygen atoms in total. The van der Waals surface area contributed by atoms with Gasteiger partial charge < -0.3 is 5.11 Å². The van der Waals surface area contributed by atoms with Crippen molar-refractivity contribution in [1.29, 1.82) is 0 Å². The average molecular weight is 252 g/mol. The number of nitrogens with one attached hydrogen (secondary N) is 1. The summed E-state index contributed by atoms with van der Waals surface area (Å²) in [5.74, 6) is -0.749. The van der Waals surface area contributed by atoms with Gasteiger partial charge in [0.25, 0.3) is 0 Å². The van der Waals surface area contributed by atoms with E-state index in [0.29, 0.717) is 6.04 Å². The topological polar surface area (TPSA) is 52.6 Å². The molecular formula is C9H21N2O2PS. The number of carboxylic acid groups (broad SMARTS) is 1. The van der Waals surface area contributed by atoms with Crippen molar-refractivity contribution in [1.82, 2.24) is 10.2 Å². The first-order valence-corrected chi connectivity index (χ1v) is 6.47. The summed E-state index contributed by atoms with van der Waals surface area (Å²) in [6, 6.07) is 0.291. The third-order valence-electron chi connectivity index (χ3n) is 2.14. The number of thioether (sulfide) groups is 1. The van der Waals surface area contributed by atoms with Crippen molar-refractivity contribution in [2.45, 2.75) is 43.7 Å². The van der Waals surface area contributed by atoms with E-state index in [9.17, 15) is 4.79 Å². The lowest BCUT2D eigenvalue weighted by molar-refractivity contribution is -0.136. The fourth-order valence-electron chi connectivity index (χ4n) is 1.26. The number of nitrogens with zero attached hydrogens (tertiary/aromatic N) is 1. The molecule has 0 amide bonds. The van der Waals surface area contributed by atoms with Gasteiger partial charge in [0, 0.05) is 18.3 Å². The van der Waals surface area contributed by atoms with Crippen LogP contribution in [0.2, 0.25) is 0 Å². The van der Waals surface area contributed by atoms with Crippen molar-refractivity contribution < 1.29 is 9.90 Å². The second-order valence-electron chi connectivity index (χ2n) is 3.58. The van der Waals surface area contributed by atoms with Crippen molar-refractivity contribution in [3.63, 3.8) is 0 Å². The molecule has 6 heteroatoms. The van der Waals surface area contributed by atoms with Gasteiger partial charge in [0.2, 0.25) is 0 Å². The Bertz CT molecular complexity index is 205. The van der Waals surface area contributed by atoms with Crippen molar-refractivity contribution in [2.24, 2.45) is 0 Å². The van der Waals surface area contributed by atoms with Gasteiger partial charge in [-0.05, 0) is 22.7 Å². The summed E-state index contributed by atoms with van der Waals surface area (Å²) in [6.45, 7) is 5.87. The zero-order valence-electron chi connectivity index (χ0n) is 9.73. The van der Waals surface area contributed by atoms with Crippen LogP contribution in [0.15, 0.2) is 0 Å². The minimum Gasteiger partial charge on any atom is -0.480 e. The zero-order valence-corrected chi connectivity index (χ0v) is 11.7. The van der Waals surface area contributed by atoms with Crippen LogP contribution in [0.4, 0.5) is 0 Å². The number of hydrazine groups is 1. The van der Waals surface area contributed by atoms with Gasteiger partial charge in [0.05, 0.1) is 5.25 Å². The third kappa shape index (κ3) is 6.36. The van der Waals surface area contributed by atoms with E-state index in [1.54, 1.807) is 6.92 Å². The Hall–Kier alpha value is 0.170. The molecular weight excluding hydrogens is 231 g/mol. The van der Waals surface area contributed by atoms with E-state index in [1.807, 2.05) is 11.8 Å². The van der Waals surface area contributed by atoms with Crippen LogP contribution in [-0.2, 0) is 4.79 Å². The van der Waals surface area contributed by atoms with Gasteiger partial charge in [0.1, 0.15) is 0 Å². The van der Waals surface area contributed by atoms with Gasteiger partial charge in [-0.1, -0.05) is 13.8 Å². The Balaban J connectivity index is 4.14. The van der Waals surface area contributed by atoms with Crippen LogP contribution in [0.5, 0.6) is 0 Å². The minimum atomic E-state index is -0.749. The zero-order chi connectivity index (χ0) is 12.0. The number of hydrogen-bond acceptors (Lipinski definition) is 4. The van der Waals surface area contributed by atoms with Crippen LogP contribution in [0.25, 0.3) is 0 Å². The summed E-state index contributed by atoms with van der Waals surface area (Å²) in [7, 11) is 4.44. The lowest BCUT2D eigenvalue weighted by atomic mass is 10.2. The van der Waals surface area contributed by atoms with E-state index in [0.717, 1.165) is 6.42 Å². The molecule has 0 bridgehead atoms. The minimum absolute atomic E-state index is 0.268. The highest BCUT2D eigenvalue weighted by atomic mass is 32.2.